The summed E-state index contributed by atoms with van der Waals surface area (Å²) in [7, 11) is 0. The molecule has 0 fully saturated rings. The second-order valence-corrected chi connectivity index (χ2v) is 5.82. The van der Waals surface area contributed by atoms with Gasteiger partial charge in [-0.15, -0.1) is 0 Å². The van der Waals surface area contributed by atoms with Gasteiger partial charge >= 0.3 is 0 Å². The second kappa shape index (κ2) is 6.98. The van der Waals surface area contributed by atoms with Gasteiger partial charge in [-0.2, -0.15) is 0 Å². The average Bonchev–Trinajstić information content (AvgIpc) is 2.37. The zero-order valence-corrected chi connectivity index (χ0v) is 13.7. The molecule has 19 heavy (non-hydrogen) atoms. The summed E-state index contributed by atoms with van der Waals surface area (Å²) in [5.41, 5.74) is 15.0. The quantitative estimate of drug-likeness (QED) is 0.737. The van der Waals surface area contributed by atoms with Crippen molar-refractivity contribution in [2.45, 2.75) is 73.6 Å². The van der Waals surface area contributed by atoms with Crippen LogP contribution >= 0.6 is 0 Å². The van der Waals surface area contributed by atoms with Gasteiger partial charge in [-0.1, -0.05) is 41.5 Å². The molecule has 0 spiro atoms. The maximum Gasteiger partial charge on any atom is 0.0384 e. The zero-order valence-electron chi connectivity index (χ0n) is 13.7. The SMILES string of the molecule is CCc1c(N)c(CC)c(CC(C)C)c(CC)c1CC. The van der Waals surface area contributed by atoms with Crippen LogP contribution in [0.1, 0.15) is 69.4 Å². The van der Waals surface area contributed by atoms with Crippen LogP contribution in [0, 0.1) is 5.92 Å². The first-order valence-corrected chi connectivity index (χ1v) is 7.95. The van der Waals surface area contributed by atoms with E-state index in [9.17, 15) is 0 Å². The summed E-state index contributed by atoms with van der Waals surface area (Å²) in [4.78, 5) is 0. The lowest BCUT2D eigenvalue weighted by Crippen LogP contribution is -2.13. The maximum atomic E-state index is 6.48. The molecule has 1 rings (SSSR count). The van der Waals surface area contributed by atoms with Crippen molar-refractivity contribution in [1.29, 1.82) is 0 Å². The first kappa shape index (κ1) is 16.1. The molecule has 0 saturated heterocycles. The lowest BCUT2D eigenvalue weighted by molar-refractivity contribution is 0.637. The van der Waals surface area contributed by atoms with E-state index in [1.807, 2.05) is 0 Å². The highest BCUT2D eigenvalue weighted by atomic mass is 14.6. The van der Waals surface area contributed by atoms with Gasteiger partial charge in [0.05, 0.1) is 0 Å². The van der Waals surface area contributed by atoms with Gasteiger partial charge in [-0.25, -0.2) is 0 Å². The summed E-state index contributed by atoms with van der Waals surface area (Å²) in [6, 6.07) is 0. The zero-order chi connectivity index (χ0) is 14.6. The van der Waals surface area contributed by atoms with Crippen molar-refractivity contribution in [3.63, 3.8) is 0 Å². The summed E-state index contributed by atoms with van der Waals surface area (Å²) < 4.78 is 0. The van der Waals surface area contributed by atoms with Crippen LogP contribution in [0.3, 0.4) is 0 Å². The molecule has 1 nitrogen and oxygen atoms in total. The fraction of sp³-hybridized carbons (Fsp3) is 0.667. The molecule has 1 heteroatoms. The molecule has 1 aromatic rings. The predicted octanol–water partition coefficient (Wildman–Crippen LogP) is 4.72. The minimum atomic E-state index is 0.687. The second-order valence-electron chi connectivity index (χ2n) is 5.82. The molecule has 0 amide bonds. The van der Waals surface area contributed by atoms with Crippen LogP contribution in [0.25, 0.3) is 0 Å². The Labute approximate surface area is 119 Å². The molecule has 0 heterocycles. The lowest BCUT2D eigenvalue weighted by Gasteiger charge is -2.24. The number of anilines is 1. The summed E-state index contributed by atoms with van der Waals surface area (Å²) >= 11 is 0. The Morgan fingerprint density at radius 2 is 1.05 bits per heavy atom. The molecule has 0 aromatic heterocycles. The van der Waals surface area contributed by atoms with E-state index in [0.717, 1.165) is 37.8 Å². The Balaban J connectivity index is 3.62. The van der Waals surface area contributed by atoms with Gasteiger partial charge in [0, 0.05) is 5.69 Å². The Kier molecular flexibility index (Phi) is 5.90. The highest BCUT2D eigenvalue weighted by Gasteiger charge is 2.19. The van der Waals surface area contributed by atoms with Gasteiger partial charge < -0.3 is 5.73 Å². The molecule has 1 aromatic carbocycles. The monoisotopic (exact) mass is 261 g/mol. The van der Waals surface area contributed by atoms with Crippen LogP contribution in [0.2, 0.25) is 0 Å². The molecule has 0 aliphatic heterocycles. The van der Waals surface area contributed by atoms with Gasteiger partial charge in [-0.3, -0.25) is 0 Å². The summed E-state index contributed by atoms with van der Waals surface area (Å²) in [6.07, 6.45) is 5.50. The first-order valence-electron chi connectivity index (χ1n) is 7.95. The summed E-state index contributed by atoms with van der Waals surface area (Å²) in [6.45, 7) is 13.6. The average molecular weight is 261 g/mol. The van der Waals surface area contributed by atoms with Gasteiger partial charge in [0.15, 0.2) is 0 Å². The molecule has 108 valence electrons. The van der Waals surface area contributed by atoms with E-state index in [1.54, 1.807) is 11.1 Å². The van der Waals surface area contributed by atoms with Crippen molar-refractivity contribution < 1.29 is 0 Å². The Bertz CT molecular complexity index is 430. The van der Waals surface area contributed by atoms with Gasteiger partial charge in [0.25, 0.3) is 0 Å². The molecule has 2 N–H and O–H groups in total. The topological polar surface area (TPSA) is 26.0 Å². The third-order valence-corrected chi connectivity index (χ3v) is 4.13. The molecular weight excluding hydrogens is 230 g/mol. The van der Waals surface area contributed by atoms with Crippen molar-refractivity contribution in [3.05, 3.63) is 27.8 Å². The fourth-order valence-electron chi connectivity index (χ4n) is 3.37. The minimum Gasteiger partial charge on any atom is -0.398 e. The van der Waals surface area contributed by atoms with Crippen LogP contribution in [0.4, 0.5) is 5.69 Å². The number of nitrogens with two attached hydrogens (primary N) is 1. The van der Waals surface area contributed by atoms with Crippen LogP contribution in [-0.2, 0) is 32.1 Å². The third-order valence-electron chi connectivity index (χ3n) is 4.13. The maximum absolute atomic E-state index is 6.48. The Morgan fingerprint density at radius 3 is 1.42 bits per heavy atom. The van der Waals surface area contributed by atoms with E-state index in [2.05, 4.69) is 41.5 Å². The van der Waals surface area contributed by atoms with Crippen molar-refractivity contribution in [2.75, 3.05) is 5.73 Å². The van der Waals surface area contributed by atoms with Crippen molar-refractivity contribution in [1.82, 2.24) is 0 Å². The number of rotatable bonds is 6. The highest BCUT2D eigenvalue weighted by Crippen LogP contribution is 2.33. The fourth-order valence-corrected chi connectivity index (χ4v) is 3.37. The van der Waals surface area contributed by atoms with Crippen LogP contribution < -0.4 is 5.73 Å². The van der Waals surface area contributed by atoms with Crippen molar-refractivity contribution in [2.24, 2.45) is 5.92 Å². The Morgan fingerprint density at radius 1 is 0.684 bits per heavy atom. The normalized spacial score (nSPS) is 11.3. The highest BCUT2D eigenvalue weighted by molar-refractivity contribution is 5.64. The van der Waals surface area contributed by atoms with Crippen molar-refractivity contribution >= 4 is 5.69 Å². The first-order chi connectivity index (χ1) is 9.01. The van der Waals surface area contributed by atoms with Gasteiger partial charge in [0.1, 0.15) is 0 Å². The van der Waals surface area contributed by atoms with E-state index < -0.39 is 0 Å². The molecule has 0 atom stereocenters. The van der Waals surface area contributed by atoms with E-state index in [0.29, 0.717) is 5.92 Å². The number of nitrogen functional groups attached to an aromatic ring is 1. The third kappa shape index (κ3) is 3.13. The number of benzene rings is 1. The largest absolute Gasteiger partial charge is 0.398 e. The number of hydrogen-bond donors (Lipinski definition) is 1. The van der Waals surface area contributed by atoms with E-state index in [1.165, 1.54) is 16.7 Å². The van der Waals surface area contributed by atoms with Crippen LogP contribution in [0.15, 0.2) is 0 Å². The van der Waals surface area contributed by atoms with E-state index in [-0.39, 0.29) is 0 Å². The number of hydrogen-bond acceptors (Lipinski definition) is 1. The minimum absolute atomic E-state index is 0.687. The molecule has 0 aliphatic rings. The van der Waals surface area contributed by atoms with Gasteiger partial charge in [-0.05, 0) is 65.8 Å². The van der Waals surface area contributed by atoms with Crippen LogP contribution in [0.5, 0.6) is 0 Å². The molecule has 0 saturated carbocycles. The molecule has 0 bridgehead atoms. The van der Waals surface area contributed by atoms with E-state index in [4.69, 9.17) is 5.73 Å². The van der Waals surface area contributed by atoms with Gasteiger partial charge in [0.2, 0.25) is 0 Å². The lowest BCUT2D eigenvalue weighted by atomic mass is 9.82. The predicted molar refractivity (Wildman–Crippen MR) is 86.9 cm³/mol. The summed E-state index contributed by atoms with van der Waals surface area (Å²) in [5.74, 6) is 0.687. The van der Waals surface area contributed by atoms with Crippen molar-refractivity contribution in [3.8, 4) is 0 Å². The molecule has 0 aliphatic carbocycles. The molecule has 0 unspecified atom stereocenters. The molecule has 0 radical (unpaired) electrons. The van der Waals surface area contributed by atoms with Crippen LogP contribution in [-0.4, -0.2) is 0 Å². The Hall–Kier alpha value is -0.980. The summed E-state index contributed by atoms with van der Waals surface area (Å²) in [5, 5.41) is 0. The smallest absolute Gasteiger partial charge is 0.0384 e. The standard InChI is InChI=1S/C18H31N/c1-7-13-14(8-2)17(11-12(5)6)16(10-4)18(19)15(13)9-3/h12H,7-11,19H2,1-6H3. The molecular formula is C18H31N. The van der Waals surface area contributed by atoms with E-state index >= 15 is 0 Å².